The second kappa shape index (κ2) is 8.74. The van der Waals surface area contributed by atoms with Crippen LogP contribution in [0.5, 0.6) is 0 Å². The second-order valence-corrected chi connectivity index (χ2v) is 4.76. The van der Waals surface area contributed by atoms with Crippen LogP contribution in [-0.4, -0.2) is 55.2 Å². The van der Waals surface area contributed by atoms with Crippen LogP contribution in [0, 0.1) is 5.92 Å². The maximum absolute atomic E-state index is 11.5. The van der Waals surface area contributed by atoms with E-state index in [0.29, 0.717) is 13.0 Å². The van der Waals surface area contributed by atoms with Gasteiger partial charge in [-0.15, -0.1) is 0 Å². The predicted molar refractivity (Wildman–Crippen MR) is 70.6 cm³/mol. The van der Waals surface area contributed by atoms with Crippen molar-refractivity contribution in [2.45, 2.75) is 32.7 Å². The molecule has 0 aliphatic heterocycles. The fourth-order valence-electron chi connectivity index (χ4n) is 1.47. The molecule has 0 saturated heterocycles. The molecule has 0 saturated carbocycles. The molecule has 3 N–H and O–H groups in total. The molecule has 0 fully saturated rings. The largest absolute Gasteiger partial charge is 0.480 e. The van der Waals surface area contributed by atoms with Gasteiger partial charge in [-0.2, -0.15) is 0 Å². The summed E-state index contributed by atoms with van der Waals surface area (Å²) in [5, 5.41) is 14.2. The van der Waals surface area contributed by atoms with Gasteiger partial charge in [-0.05, 0) is 33.0 Å². The highest BCUT2D eigenvalue weighted by Gasteiger charge is 2.24. The lowest BCUT2D eigenvalue weighted by molar-refractivity contribution is -0.140. The Bertz CT molecular complexity index is 269. The molecule has 0 bridgehead atoms. The third-order valence-electron chi connectivity index (χ3n) is 2.83. The lowest BCUT2D eigenvalue weighted by atomic mass is 9.99. The fraction of sp³-hybridized carbons (Fsp3) is 0.833. The Kier molecular flexibility index (Phi) is 8.11. The van der Waals surface area contributed by atoms with Crippen LogP contribution in [0.4, 0.5) is 4.79 Å². The number of carbonyl (C=O) groups excluding carboxylic acids is 1. The van der Waals surface area contributed by atoms with E-state index in [1.165, 1.54) is 0 Å². The molecule has 0 aromatic carbocycles. The zero-order valence-corrected chi connectivity index (χ0v) is 11.7. The van der Waals surface area contributed by atoms with Gasteiger partial charge in [0.2, 0.25) is 0 Å². The third kappa shape index (κ3) is 7.11. The van der Waals surface area contributed by atoms with E-state index in [1.807, 2.05) is 32.8 Å². The molecule has 0 aromatic heterocycles. The van der Waals surface area contributed by atoms with E-state index >= 15 is 0 Å². The standard InChI is InChI=1S/C12H25N3O3/c1-5-9(2)10(11(16)17)14-12(18)13-7-6-8-15(3)4/h9-10H,5-8H2,1-4H3,(H,16,17)(H2,13,14,18)/t9?,10-/m0/s1. The SMILES string of the molecule is CCC(C)[C@H](NC(=O)NCCCN(C)C)C(=O)O. The first-order valence-electron chi connectivity index (χ1n) is 6.30. The average molecular weight is 259 g/mol. The molecule has 18 heavy (non-hydrogen) atoms. The number of rotatable bonds is 8. The van der Waals surface area contributed by atoms with Gasteiger partial charge in [-0.25, -0.2) is 9.59 Å². The molecule has 0 radical (unpaired) electrons. The van der Waals surface area contributed by atoms with Crippen LogP contribution in [0.2, 0.25) is 0 Å². The van der Waals surface area contributed by atoms with E-state index in [1.54, 1.807) is 0 Å². The molecule has 0 heterocycles. The van der Waals surface area contributed by atoms with Gasteiger partial charge in [0.1, 0.15) is 6.04 Å². The molecule has 0 aliphatic rings. The summed E-state index contributed by atoms with van der Waals surface area (Å²) in [5.74, 6) is -1.08. The second-order valence-electron chi connectivity index (χ2n) is 4.76. The van der Waals surface area contributed by atoms with Gasteiger partial charge in [0.25, 0.3) is 0 Å². The molecular weight excluding hydrogens is 234 g/mol. The minimum absolute atomic E-state index is 0.0879. The van der Waals surface area contributed by atoms with Crippen molar-refractivity contribution in [2.75, 3.05) is 27.2 Å². The van der Waals surface area contributed by atoms with Gasteiger partial charge in [0.15, 0.2) is 0 Å². The first-order chi connectivity index (χ1) is 8.38. The number of hydrogen-bond donors (Lipinski definition) is 3. The highest BCUT2D eigenvalue weighted by molar-refractivity contribution is 5.82. The highest BCUT2D eigenvalue weighted by atomic mass is 16.4. The first kappa shape index (κ1) is 16.7. The summed E-state index contributed by atoms with van der Waals surface area (Å²) in [6.07, 6.45) is 1.54. The topological polar surface area (TPSA) is 81.7 Å². The Morgan fingerprint density at radius 1 is 1.33 bits per heavy atom. The summed E-state index contributed by atoms with van der Waals surface area (Å²) in [6, 6.07) is -1.25. The monoisotopic (exact) mass is 259 g/mol. The van der Waals surface area contributed by atoms with Gasteiger partial charge in [0, 0.05) is 6.54 Å². The molecule has 0 spiro atoms. The molecule has 6 heteroatoms. The number of nitrogens with one attached hydrogen (secondary N) is 2. The van der Waals surface area contributed by atoms with Crippen LogP contribution >= 0.6 is 0 Å². The van der Waals surface area contributed by atoms with Crippen molar-refractivity contribution >= 4 is 12.0 Å². The van der Waals surface area contributed by atoms with Crippen LogP contribution < -0.4 is 10.6 Å². The summed E-state index contributed by atoms with van der Waals surface area (Å²) >= 11 is 0. The van der Waals surface area contributed by atoms with Crippen LogP contribution in [0.25, 0.3) is 0 Å². The Morgan fingerprint density at radius 2 is 1.94 bits per heavy atom. The van der Waals surface area contributed by atoms with Crippen LogP contribution in [-0.2, 0) is 4.79 Å². The third-order valence-corrected chi connectivity index (χ3v) is 2.83. The molecule has 0 rings (SSSR count). The molecular formula is C12H25N3O3. The van der Waals surface area contributed by atoms with E-state index in [9.17, 15) is 9.59 Å². The van der Waals surface area contributed by atoms with E-state index in [0.717, 1.165) is 13.0 Å². The van der Waals surface area contributed by atoms with E-state index < -0.39 is 18.0 Å². The molecule has 6 nitrogen and oxygen atoms in total. The first-order valence-corrected chi connectivity index (χ1v) is 6.30. The number of amides is 2. The zero-order valence-electron chi connectivity index (χ0n) is 11.7. The Balaban J connectivity index is 4.00. The number of urea groups is 1. The van der Waals surface area contributed by atoms with Crippen molar-refractivity contribution in [3.8, 4) is 0 Å². The molecule has 1 unspecified atom stereocenters. The Hall–Kier alpha value is -1.30. The number of carboxylic acid groups (broad SMARTS) is 1. The zero-order chi connectivity index (χ0) is 14.1. The number of hydrogen-bond acceptors (Lipinski definition) is 3. The van der Waals surface area contributed by atoms with Crippen molar-refractivity contribution in [1.82, 2.24) is 15.5 Å². The van der Waals surface area contributed by atoms with Crippen LogP contribution in [0.1, 0.15) is 26.7 Å². The lowest BCUT2D eigenvalue weighted by Crippen LogP contribution is -2.49. The maximum atomic E-state index is 11.5. The quantitative estimate of drug-likeness (QED) is 0.561. The molecule has 2 amide bonds. The number of aliphatic carboxylic acids is 1. The summed E-state index contributed by atoms with van der Waals surface area (Å²) in [6.45, 7) is 5.13. The number of carboxylic acids is 1. The van der Waals surface area contributed by atoms with Crippen molar-refractivity contribution in [3.63, 3.8) is 0 Å². The molecule has 106 valence electrons. The smallest absolute Gasteiger partial charge is 0.326 e. The van der Waals surface area contributed by atoms with Crippen LogP contribution in [0.3, 0.4) is 0 Å². The fourth-order valence-corrected chi connectivity index (χ4v) is 1.47. The summed E-state index contributed by atoms with van der Waals surface area (Å²) in [5.41, 5.74) is 0. The summed E-state index contributed by atoms with van der Waals surface area (Å²) < 4.78 is 0. The minimum Gasteiger partial charge on any atom is -0.480 e. The van der Waals surface area contributed by atoms with Gasteiger partial charge >= 0.3 is 12.0 Å². The average Bonchev–Trinajstić information content (AvgIpc) is 2.30. The predicted octanol–water partition coefficient (Wildman–Crippen LogP) is 0.737. The molecule has 0 aromatic rings. The van der Waals surface area contributed by atoms with Gasteiger partial charge in [0.05, 0.1) is 0 Å². The Labute approximate surface area is 109 Å². The van der Waals surface area contributed by atoms with Gasteiger partial charge < -0.3 is 20.6 Å². The van der Waals surface area contributed by atoms with Crippen molar-refractivity contribution in [1.29, 1.82) is 0 Å². The number of carbonyl (C=O) groups is 2. The summed E-state index contributed by atoms with van der Waals surface area (Å²) in [4.78, 5) is 24.6. The Morgan fingerprint density at radius 3 is 2.39 bits per heavy atom. The lowest BCUT2D eigenvalue weighted by Gasteiger charge is -2.20. The van der Waals surface area contributed by atoms with Gasteiger partial charge in [-0.1, -0.05) is 20.3 Å². The van der Waals surface area contributed by atoms with Crippen molar-refractivity contribution in [3.05, 3.63) is 0 Å². The van der Waals surface area contributed by atoms with E-state index in [2.05, 4.69) is 10.6 Å². The highest BCUT2D eigenvalue weighted by Crippen LogP contribution is 2.07. The van der Waals surface area contributed by atoms with Crippen molar-refractivity contribution in [2.24, 2.45) is 5.92 Å². The van der Waals surface area contributed by atoms with Crippen LogP contribution in [0.15, 0.2) is 0 Å². The minimum atomic E-state index is -0.993. The molecule has 0 aliphatic carbocycles. The van der Waals surface area contributed by atoms with E-state index in [4.69, 9.17) is 5.11 Å². The maximum Gasteiger partial charge on any atom is 0.326 e. The summed E-state index contributed by atoms with van der Waals surface area (Å²) in [7, 11) is 3.92. The van der Waals surface area contributed by atoms with Crippen molar-refractivity contribution < 1.29 is 14.7 Å². The number of nitrogens with zero attached hydrogens (tertiary/aromatic N) is 1. The van der Waals surface area contributed by atoms with E-state index in [-0.39, 0.29) is 5.92 Å². The molecule has 2 atom stereocenters. The normalized spacial score (nSPS) is 14.1. The van der Waals surface area contributed by atoms with Gasteiger partial charge in [-0.3, -0.25) is 0 Å².